The number of hydrogen-bond donors (Lipinski definition) is 1. The molecule has 2 aromatic heterocycles. The molecule has 148 valence electrons. The van der Waals surface area contributed by atoms with Crippen molar-refractivity contribution in [1.82, 2.24) is 19.7 Å². The maximum Gasteiger partial charge on any atom is 0.257 e. The van der Waals surface area contributed by atoms with E-state index in [1.165, 1.54) is 31.2 Å². The summed E-state index contributed by atoms with van der Waals surface area (Å²) < 4.78 is 4.03. The molecular weight excluding hydrogens is 350 g/mol. The van der Waals surface area contributed by atoms with Gasteiger partial charge in [-0.05, 0) is 69.4 Å². The van der Waals surface area contributed by atoms with E-state index >= 15 is 0 Å². The Morgan fingerprint density at radius 2 is 1.96 bits per heavy atom. The van der Waals surface area contributed by atoms with E-state index in [0.29, 0.717) is 18.9 Å². The van der Waals surface area contributed by atoms with Gasteiger partial charge in [-0.25, -0.2) is 4.68 Å². The lowest BCUT2D eigenvalue weighted by Crippen LogP contribution is -2.54. The van der Waals surface area contributed by atoms with E-state index in [1.807, 2.05) is 10.9 Å². The molecule has 6 nitrogen and oxygen atoms in total. The van der Waals surface area contributed by atoms with Gasteiger partial charge >= 0.3 is 0 Å². The Morgan fingerprint density at radius 3 is 2.68 bits per heavy atom. The Labute approximate surface area is 165 Å². The van der Waals surface area contributed by atoms with E-state index in [2.05, 4.69) is 21.1 Å². The highest BCUT2D eigenvalue weighted by Crippen LogP contribution is 2.43. The Morgan fingerprint density at radius 1 is 1.18 bits per heavy atom. The molecule has 1 saturated heterocycles. The maximum atomic E-state index is 13.9. The molecule has 28 heavy (non-hydrogen) atoms. The normalized spacial score (nSPS) is 25.2. The lowest BCUT2D eigenvalue weighted by Gasteiger charge is -2.39. The molecule has 5 rings (SSSR count). The van der Waals surface area contributed by atoms with Crippen molar-refractivity contribution < 1.29 is 0 Å². The zero-order chi connectivity index (χ0) is 19.1. The Kier molecular flexibility index (Phi) is 4.51. The highest BCUT2D eigenvalue weighted by atomic mass is 16.1. The lowest BCUT2D eigenvalue weighted by molar-refractivity contribution is 0.143. The van der Waals surface area contributed by atoms with Gasteiger partial charge in [0.15, 0.2) is 0 Å². The van der Waals surface area contributed by atoms with Gasteiger partial charge in [-0.15, -0.1) is 0 Å². The van der Waals surface area contributed by atoms with Crippen molar-refractivity contribution in [2.45, 2.75) is 82.8 Å². The first-order chi connectivity index (χ1) is 13.8. The van der Waals surface area contributed by atoms with Gasteiger partial charge in [-0.2, -0.15) is 10.4 Å². The molecule has 2 aliphatic carbocycles. The van der Waals surface area contributed by atoms with Gasteiger partial charge in [0, 0.05) is 10.9 Å². The zero-order valence-corrected chi connectivity index (χ0v) is 16.5. The summed E-state index contributed by atoms with van der Waals surface area (Å²) in [4.78, 5) is 13.9. The number of pyridine rings is 1. The van der Waals surface area contributed by atoms with Crippen molar-refractivity contribution >= 4 is 11.0 Å². The molecule has 1 N–H and O–H groups in total. The van der Waals surface area contributed by atoms with Gasteiger partial charge in [-0.1, -0.05) is 12.8 Å². The number of aromatic nitrogens is 3. The largest absolute Gasteiger partial charge is 0.294 e. The number of rotatable bonds is 4. The summed E-state index contributed by atoms with van der Waals surface area (Å²) in [6, 6.07) is 2.24. The van der Waals surface area contributed by atoms with Crippen LogP contribution >= 0.6 is 0 Å². The molecule has 6 heteroatoms. The third-order valence-electron chi connectivity index (χ3n) is 7.31. The SMILES string of the molecule is N#CCCn1ncc2c3c(c(=O)n([C@@]4(C5CCCC5)CCCN4)c21)CCCC3. The van der Waals surface area contributed by atoms with Gasteiger partial charge < -0.3 is 0 Å². The molecule has 3 aliphatic rings. The van der Waals surface area contributed by atoms with Gasteiger partial charge in [0.25, 0.3) is 5.56 Å². The predicted octanol–water partition coefficient (Wildman–Crippen LogP) is 3.22. The topological polar surface area (TPSA) is 75.6 Å². The standard InChI is InChI=1S/C22H29N5O/c23-12-6-14-26-20-19(15-25-26)17-9-3-4-10-18(17)21(28)27(20)22(11-5-13-24-22)16-7-1-2-8-16/h15-16,24H,1-11,13-14H2/t22-/m1/s1. The molecule has 2 aromatic rings. The van der Waals surface area contributed by atoms with E-state index < -0.39 is 0 Å². The molecule has 0 bridgehead atoms. The summed E-state index contributed by atoms with van der Waals surface area (Å²) in [6.45, 7) is 1.51. The summed E-state index contributed by atoms with van der Waals surface area (Å²) in [5, 5.41) is 18.7. The number of fused-ring (bicyclic) bond motifs is 3. The van der Waals surface area contributed by atoms with E-state index in [-0.39, 0.29) is 11.2 Å². The fourth-order valence-electron chi connectivity index (χ4n) is 6.06. The van der Waals surface area contributed by atoms with Crippen LogP contribution in [0.1, 0.15) is 68.9 Å². The second-order valence-corrected chi connectivity index (χ2v) is 8.75. The number of nitrogens with one attached hydrogen (secondary N) is 1. The van der Waals surface area contributed by atoms with Crippen LogP contribution in [0.2, 0.25) is 0 Å². The smallest absolute Gasteiger partial charge is 0.257 e. The third kappa shape index (κ3) is 2.56. The van der Waals surface area contributed by atoms with Crippen molar-refractivity contribution in [2.24, 2.45) is 5.92 Å². The molecular formula is C22H29N5O. The molecule has 1 atom stereocenters. The van der Waals surface area contributed by atoms with Crippen LogP contribution < -0.4 is 10.9 Å². The predicted molar refractivity (Wildman–Crippen MR) is 108 cm³/mol. The minimum atomic E-state index is -0.289. The summed E-state index contributed by atoms with van der Waals surface area (Å²) in [6.07, 6.45) is 13.4. The van der Waals surface area contributed by atoms with Crippen LogP contribution in [0.3, 0.4) is 0 Å². The Bertz CT molecular complexity index is 983. The zero-order valence-electron chi connectivity index (χ0n) is 16.5. The van der Waals surface area contributed by atoms with E-state index in [0.717, 1.165) is 61.7 Å². The summed E-state index contributed by atoms with van der Waals surface area (Å²) in [7, 11) is 0. The van der Waals surface area contributed by atoms with E-state index in [1.54, 1.807) is 0 Å². The highest BCUT2D eigenvalue weighted by molar-refractivity contribution is 5.81. The second-order valence-electron chi connectivity index (χ2n) is 8.75. The molecule has 0 spiro atoms. The molecule has 3 heterocycles. The maximum absolute atomic E-state index is 13.9. The summed E-state index contributed by atoms with van der Waals surface area (Å²) in [5.74, 6) is 0.497. The average Bonchev–Trinajstić information content (AvgIpc) is 3.47. The number of nitrogens with zero attached hydrogens (tertiary/aromatic N) is 4. The molecule has 0 unspecified atom stereocenters. The van der Waals surface area contributed by atoms with Crippen LogP contribution in [0.25, 0.3) is 11.0 Å². The monoisotopic (exact) mass is 379 g/mol. The summed E-state index contributed by atoms with van der Waals surface area (Å²) in [5.41, 5.74) is 3.09. The lowest BCUT2D eigenvalue weighted by atomic mass is 9.86. The van der Waals surface area contributed by atoms with Crippen molar-refractivity contribution in [2.75, 3.05) is 6.54 Å². The fourth-order valence-corrected chi connectivity index (χ4v) is 6.06. The van der Waals surface area contributed by atoms with Gasteiger partial charge in [0.05, 0.1) is 25.2 Å². The Balaban J connectivity index is 1.81. The second kappa shape index (κ2) is 7.04. The first-order valence-electron chi connectivity index (χ1n) is 11.0. The molecule has 0 aromatic carbocycles. The first kappa shape index (κ1) is 17.9. The molecule has 1 saturated carbocycles. The first-order valence-corrected chi connectivity index (χ1v) is 11.0. The van der Waals surface area contributed by atoms with Gasteiger partial charge in [0.1, 0.15) is 11.3 Å². The van der Waals surface area contributed by atoms with Crippen molar-refractivity contribution in [1.29, 1.82) is 5.26 Å². The van der Waals surface area contributed by atoms with Gasteiger partial charge in [-0.3, -0.25) is 14.7 Å². The van der Waals surface area contributed by atoms with Crippen LogP contribution in [0, 0.1) is 17.2 Å². The van der Waals surface area contributed by atoms with E-state index in [9.17, 15) is 4.79 Å². The summed E-state index contributed by atoms with van der Waals surface area (Å²) >= 11 is 0. The Hall–Kier alpha value is -2.13. The van der Waals surface area contributed by atoms with Crippen LogP contribution in [-0.2, 0) is 25.0 Å². The number of aryl methyl sites for hydroxylation is 2. The van der Waals surface area contributed by atoms with Gasteiger partial charge in [0.2, 0.25) is 0 Å². The van der Waals surface area contributed by atoms with E-state index in [4.69, 9.17) is 5.26 Å². The van der Waals surface area contributed by atoms with Crippen LogP contribution in [-0.4, -0.2) is 20.9 Å². The average molecular weight is 380 g/mol. The number of hydrogen-bond acceptors (Lipinski definition) is 4. The van der Waals surface area contributed by atoms with Crippen molar-refractivity contribution in [3.8, 4) is 6.07 Å². The van der Waals surface area contributed by atoms with Crippen molar-refractivity contribution in [3.63, 3.8) is 0 Å². The van der Waals surface area contributed by atoms with Crippen LogP contribution in [0.15, 0.2) is 11.0 Å². The minimum absolute atomic E-state index is 0.196. The van der Waals surface area contributed by atoms with Crippen LogP contribution in [0.5, 0.6) is 0 Å². The molecule has 2 fully saturated rings. The van der Waals surface area contributed by atoms with Crippen molar-refractivity contribution in [3.05, 3.63) is 27.7 Å². The quantitative estimate of drug-likeness (QED) is 0.885. The fraction of sp³-hybridized carbons (Fsp3) is 0.682. The third-order valence-corrected chi connectivity index (χ3v) is 7.31. The van der Waals surface area contributed by atoms with Crippen LogP contribution in [0.4, 0.5) is 0 Å². The number of nitriles is 1. The molecule has 0 radical (unpaired) electrons. The highest BCUT2D eigenvalue weighted by Gasteiger charge is 2.46. The molecule has 1 aliphatic heterocycles. The minimum Gasteiger partial charge on any atom is -0.294 e. The molecule has 0 amide bonds.